The van der Waals surface area contributed by atoms with Crippen molar-refractivity contribution >= 4 is 39.7 Å². The van der Waals surface area contributed by atoms with Gasteiger partial charge in [0.15, 0.2) is 0 Å². The Hall–Kier alpha value is -3.38. The Morgan fingerprint density at radius 1 is 0.931 bits per heavy atom. The predicted molar refractivity (Wildman–Crippen MR) is 118 cm³/mol. The summed E-state index contributed by atoms with van der Waals surface area (Å²) in [5.74, 6) is -0.408. The van der Waals surface area contributed by atoms with Crippen molar-refractivity contribution in [2.24, 2.45) is 0 Å². The summed E-state index contributed by atoms with van der Waals surface area (Å²) in [6.07, 6.45) is 2.88. The monoisotopic (exact) mass is 403 g/mol. The van der Waals surface area contributed by atoms with Crippen molar-refractivity contribution in [2.75, 3.05) is 11.9 Å². The Kier molecular flexibility index (Phi) is 5.72. The molecule has 0 bridgehead atoms. The van der Waals surface area contributed by atoms with Crippen molar-refractivity contribution < 1.29 is 9.59 Å². The molecule has 0 aliphatic rings. The highest BCUT2D eigenvalue weighted by Gasteiger charge is 2.14. The van der Waals surface area contributed by atoms with Gasteiger partial charge in [-0.15, -0.1) is 0 Å². The summed E-state index contributed by atoms with van der Waals surface area (Å²) in [6, 6.07) is 19.2. The Morgan fingerprint density at radius 3 is 2.62 bits per heavy atom. The molecule has 0 fully saturated rings. The van der Waals surface area contributed by atoms with Crippen LogP contribution in [0.4, 0.5) is 5.69 Å². The molecule has 4 aromatic rings. The Balaban J connectivity index is 1.34. The zero-order valence-corrected chi connectivity index (χ0v) is 16.6. The summed E-state index contributed by atoms with van der Waals surface area (Å²) in [5.41, 5.74) is 2.75. The number of nitrogens with zero attached hydrogens (tertiary/aromatic N) is 1. The summed E-state index contributed by atoms with van der Waals surface area (Å²) >= 11 is 1.46. The molecule has 0 atom stereocenters. The van der Waals surface area contributed by atoms with Gasteiger partial charge >= 0.3 is 0 Å². The van der Waals surface area contributed by atoms with E-state index in [1.54, 1.807) is 35.7 Å². The third kappa shape index (κ3) is 4.38. The van der Waals surface area contributed by atoms with Crippen LogP contribution in [0.5, 0.6) is 0 Å². The first kappa shape index (κ1) is 19.0. The van der Waals surface area contributed by atoms with Crippen LogP contribution >= 0.6 is 11.3 Å². The zero-order valence-electron chi connectivity index (χ0n) is 15.8. The molecule has 146 valence electrons. The van der Waals surface area contributed by atoms with Crippen molar-refractivity contribution in [3.05, 3.63) is 88.7 Å². The molecule has 2 amide bonds. The van der Waals surface area contributed by atoms with Crippen LogP contribution < -0.4 is 10.6 Å². The minimum absolute atomic E-state index is 0.191. The number of rotatable bonds is 7. The van der Waals surface area contributed by atoms with Crippen molar-refractivity contribution in [1.82, 2.24) is 9.88 Å². The van der Waals surface area contributed by atoms with Crippen molar-refractivity contribution in [3.63, 3.8) is 0 Å². The number of aromatic nitrogens is 1. The van der Waals surface area contributed by atoms with E-state index >= 15 is 0 Å². The SMILES string of the molecule is O=C(Nc1ccccc1C(=O)NCCCn1ccc2ccccc21)c1ccsc1. The second-order valence-corrected chi connectivity index (χ2v) is 7.47. The lowest BCUT2D eigenvalue weighted by molar-refractivity contribution is 0.0953. The van der Waals surface area contributed by atoms with Crippen LogP contribution in [0.1, 0.15) is 27.1 Å². The Labute approximate surface area is 173 Å². The number of thiophene rings is 1. The number of benzene rings is 2. The van der Waals surface area contributed by atoms with E-state index in [1.165, 1.54) is 22.2 Å². The van der Waals surface area contributed by atoms with E-state index in [0.717, 1.165) is 13.0 Å². The molecule has 5 nitrogen and oxygen atoms in total. The third-order valence-electron chi connectivity index (χ3n) is 4.74. The van der Waals surface area contributed by atoms with Gasteiger partial charge < -0.3 is 15.2 Å². The summed E-state index contributed by atoms with van der Waals surface area (Å²) < 4.78 is 2.19. The predicted octanol–water partition coefficient (Wildman–Crippen LogP) is 4.78. The number of para-hydroxylation sites is 2. The number of hydrogen-bond acceptors (Lipinski definition) is 3. The highest BCUT2D eigenvalue weighted by atomic mass is 32.1. The minimum atomic E-state index is -0.217. The van der Waals surface area contributed by atoms with Gasteiger partial charge in [0.25, 0.3) is 11.8 Å². The fourth-order valence-corrected chi connectivity index (χ4v) is 3.90. The van der Waals surface area contributed by atoms with Crippen LogP contribution in [0.25, 0.3) is 10.9 Å². The topological polar surface area (TPSA) is 63.1 Å². The molecule has 2 aromatic heterocycles. The molecule has 6 heteroatoms. The largest absolute Gasteiger partial charge is 0.352 e. The van der Waals surface area contributed by atoms with E-state index in [4.69, 9.17) is 0 Å². The van der Waals surface area contributed by atoms with E-state index in [2.05, 4.69) is 39.6 Å². The van der Waals surface area contributed by atoms with Crippen LogP contribution in [0, 0.1) is 0 Å². The maximum atomic E-state index is 12.6. The molecule has 0 saturated carbocycles. The normalized spacial score (nSPS) is 10.8. The molecule has 2 N–H and O–H groups in total. The summed E-state index contributed by atoms with van der Waals surface area (Å²) in [5, 5.41) is 10.6. The molecule has 0 aliphatic carbocycles. The second-order valence-electron chi connectivity index (χ2n) is 6.69. The van der Waals surface area contributed by atoms with Crippen molar-refractivity contribution in [1.29, 1.82) is 0 Å². The van der Waals surface area contributed by atoms with Crippen LogP contribution in [0.15, 0.2) is 77.6 Å². The fourth-order valence-electron chi connectivity index (χ4n) is 3.26. The van der Waals surface area contributed by atoms with E-state index in [0.29, 0.717) is 23.4 Å². The number of anilines is 1. The van der Waals surface area contributed by atoms with Gasteiger partial charge in [0, 0.05) is 30.2 Å². The van der Waals surface area contributed by atoms with Gasteiger partial charge in [0.1, 0.15) is 0 Å². The molecular weight excluding hydrogens is 382 g/mol. The smallest absolute Gasteiger partial charge is 0.256 e. The number of aryl methyl sites for hydroxylation is 1. The van der Waals surface area contributed by atoms with Gasteiger partial charge in [-0.2, -0.15) is 11.3 Å². The first-order chi connectivity index (χ1) is 14.2. The highest BCUT2D eigenvalue weighted by molar-refractivity contribution is 7.08. The molecule has 0 spiro atoms. The summed E-state index contributed by atoms with van der Waals surface area (Å²) in [6.45, 7) is 1.38. The molecule has 0 saturated heterocycles. The van der Waals surface area contributed by atoms with E-state index in [9.17, 15) is 9.59 Å². The van der Waals surface area contributed by atoms with Gasteiger partial charge in [0.2, 0.25) is 0 Å². The van der Waals surface area contributed by atoms with Crippen molar-refractivity contribution in [2.45, 2.75) is 13.0 Å². The first-order valence-corrected chi connectivity index (χ1v) is 10.4. The van der Waals surface area contributed by atoms with Crippen LogP contribution in [-0.4, -0.2) is 22.9 Å². The number of hydrogen-bond donors (Lipinski definition) is 2. The zero-order chi connectivity index (χ0) is 20.1. The summed E-state index contributed by atoms with van der Waals surface area (Å²) in [4.78, 5) is 25.0. The van der Waals surface area contributed by atoms with Crippen LogP contribution in [-0.2, 0) is 6.54 Å². The molecular formula is C23H21N3O2S. The minimum Gasteiger partial charge on any atom is -0.352 e. The van der Waals surface area contributed by atoms with E-state index in [1.807, 2.05) is 17.5 Å². The quantitative estimate of drug-likeness (QED) is 0.437. The standard InChI is InChI=1S/C23H21N3O2S/c27-22(18-11-15-29-16-18)25-20-8-3-2-7-19(20)23(28)24-12-5-13-26-14-10-17-6-1-4-9-21(17)26/h1-4,6-11,14-16H,5,12-13H2,(H,24,28)(H,25,27). The number of nitrogens with one attached hydrogen (secondary N) is 2. The maximum Gasteiger partial charge on any atom is 0.256 e. The number of amides is 2. The Bertz CT molecular complexity index is 1130. The average Bonchev–Trinajstić information content (AvgIpc) is 3.42. The van der Waals surface area contributed by atoms with Crippen LogP contribution in [0.2, 0.25) is 0 Å². The molecule has 0 unspecified atom stereocenters. The molecule has 2 aromatic carbocycles. The molecule has 2 heterocycles. The lowest BCUT2D eigenvalue weighted by atomic mass is 10.1. The number of carbonyl (C=O) groups is 2. The highest BCUT2D eigenvalue weighted by Crippen LogP contribution is 2.18. The molecule has 0 aliphatic heterocycles. The maximum absolute atomic E-state index is 12.6. The van der Waals surface area contributed by atoms with E-state index < -0.39 is 0 Å². The van der Waals surface area contributed by atoms with Gasteiger partial charge in [-0.3, -0.25) is 9.59 Å². The molecule has 0 radical (unpaired) electrons. The van der Waals surface area contributed by atoms with Crippen molar-refractivity contribution in [3.8, 4) is 0 Å². The average molecular weight is 404 g/mol. The van der Waals surface area contributed by atoms with Gasteiger partial charge in [-0.1, -0.05) is 30.3 Å². The Morgan fingerprint density at radius 2 is 1.76 bits per heavy atom. The number of carbonyl (C=O) groups excluding carboxylic acids is 2. The van der Waals surface area contributed by atoms with Crippen LogP contribution in [0.3, 0.4) is 0 Å². The molecule has 29 heavy (non-hydrogen) atoms. The summed E-state index contributed by atoms with van der Waals surface area (Å²) in [7, 11) is 0. The number of fused-ring (bicyclic) bond motifs is 1. The lowest BCUT2D eigenvalue weighted by Crippen LogP contribution is -2.26. The second kappa shape index (κ2) is 8.75. The van der Waals surface area contributed by atoms with Gasteiger partial charge in [0.05, 0.1) is 16.8 Å². The van der Waals surface area contributed by atoms with Gasteiger partial charge in [-0.25, -0.2) is 0 Å². The van der Waals surface area contributed by atoms with Gasteiger partial charge in [-0.05, 0) is 47.5 Å². The lowest BCUT2D eigenvalue weighted by Gasteiger charge is -2.11. The first-order valence-electron chi connectivity index (χ1n) is 9.47. The fraction of sp³-hybridized carbons (Fsp3) is 0.130. The molecule has 4 rings (SSSR count). The van der Waals surface area contributed by atoms with E-state index in [-0.39, 0.29) is 11.8 Å². The third-order valence-corrected chi connectivity index (χ3v) is 5.43.